The quantitative estimate of drug-likeness (QED) is 0.919. The van der Waals surface area contributed by atoms with E-state index in [2.05, 4.69) is 4.98 Å². The largest absolute Gasteiger partial charge is 0.408 e. The number of nitrogen functional groups attached to an aromatic ring is 1. The molecular weight excluding hydrogens is 333 g/mol. The van der Waals surface area contributed by atoms with E-state index in [1.165, 1.54) is 9.47 Å². The van der Waals surface area contributed by atoms with Crippen molar-refractivity contribution in [3.05, 3.63) is 52.3 Å². The maximum absolute atomic E-state index is 13.4. The van der Waals surface area contributed by atoms with Crippen molar-refractivity contribution in [1.29, 1.82) is 0 Å². The summed E-state index contributed by atoms with van der Waals surface area (Å²) in [6.45, 7) is 0.135. The van der Waals surface area contributed by atoms with E-state index in [1.54, 1.807) is 0 Å². The van der Waals surface area contributed by atoms with E-state index in [4.69, 9.17) is 5.73 Å². The highest BCUT2D eigenvalue weighted by atomic mass is 19.4. The first-order valence-electron chi connectivity index (χ1n) is 8.11. The molecule has 1 aliphatic rings. The van der Waals surface area contributed by atoms with Crippen LogP contribution >= 0.6 is 0 Å². The second-order valence-corrected chi connectivity index (χ2v) is 6.10. The molecule has 1 aliphatic heterocycles. The third-order valence-corrected chi connectivity index (χ3v) is 4.35. The zero-order valence-electron chi connectivity index (χ0n) is 13.5. The number of halogens is 3. The highest BCUT2D eigenvalue weighted by molar-refractivity contribution is 5.42. The van der Waals surface area contributed by atoms with Crippen LogP contribution in [0.15, 0.2) is 41.2 Å². The second kappa shape index (κ2) is 6.78. The lowest BCUT2D eigenvalue weighted by atomic mass is 10.1. The minimum Gasteiger partial charge on any atom is -0.383 e. The van der Waals surface area contributed by atoms with Gasteiger partial charge in [0.15, 0.2) is 0 Å². The molecule has 0 saturated heterocycles. The fourth-order valence-corrected chi connectivity index (χ4v) is 3.18. The van der Waals surface area contributed by atoms with E-state index in [-0.39, 0.29) is 31.3 Å². The highest BCUT2D eigenvalue weighted by Crippen LogP contribution is 2.33. The SMILES string of the molecule is Nc1cc(=O)n2c(n1)N(CCCc1ccccc1)[C@H](C(F)(F)F)CC2. The number of nitrogens with zero attached hydrogens (tertiary/aromatic N) is 3. The van der Waals surface area contributed by atoms with Gasteiger partial charge in [0.2, 0.25) is 5.95 Å². The lowest BCUT2D eigenvalue weighted by Crippen LogP contribution is -2.52. The molecule has 3 rings (SSSR count). The maximum Gasteiger partial charge on any atom is 0.408 e. The number of nitrogens with two attached hydrogens (primary N) is 1. The molecule has 0 amide bonds. The highest BCUT2D eigenvalue weighted by Gasteiger charge is 2.46. The molecule has 0 unspecified atom stereocenters. The molecule has 0 aliphatic carbocycles. The van der Waals surface area contributed by atoms with Gasteiger partial charge in [-0.25, -0.2) is 0 Å². The Labute approximate surface area is 142 Å². The smallest absolute Gasteiger partial charge is 0.383 e. The van der Waals surface area contributed by atoms with Crippen molar-refractivity contribution in [2.75, 3.05) is 17.2 Å². The van der Waals surface area contributed by atoms with Crippen molar-refractivity contribution in [2.45, 2.75) is 38.0 Å². The zero-order valence-corrected chi connectivity index (χ0v) is 13.5. The van der Waals surface area contributed by atoms with Gasteiger partial charge in [-0.2, -0.15) is 18.2 Å². The fraction of sp³-hybridized carbons (Fsp3) is 0.412. The molecule has 2 aromatic rings. The number of rotatable bonds is 4. The van der Waals surface area contributed by atoms with Crippen LogP contribution in [0.4, 0.5) is 24.9 Å². The van der Waals surface area contributed by atoms with Crippen LogP contribution < -0.4 is 16.2 Å². The average molecular weight is 352 g/mol. The van der Waals surface area contributed by atoms with E-state index >= 15 is 0 Å². The topological polar surface area (TPSA) is 64.2 Å². The van der Waals surface area contributed by atoms with Gasteiger partial charge in [0.1, 0.15) is 11.9 Å². The zero-order chi connectivity index (χ0) is 18.0. The van der Waals surface area contributed by atoms with Crippen molar-refractivity contribution in [2.24, 2.45) is 0 Å². The normalized spacial score (nSPS) is 17.4. The van der Waals surface area contributed by atoms with Gasteiger partial charge in [-0.05, 0) is 24.8 Å². The molecule has 0 saturated carbocycles. The molecule has 25 heavy (non-hydrogen) atoms. The van der Waals surface area contributed by atoms with Crippen LogP contribution in [0.2, 0.25) is 0 Å². The van der Waals surface area contributed by atoms with Crippen molar-refractivity contribution >= 4 is 11.8 Å². The predicted octanol–water partition coefficient (Wildman–Crippen LogP) is 2.60. The number of aryl methyl sites for hydroxylation is 1. The molecule has 1 aromatic carbocycles. The van der Waals surface area contributed by atoms with E-state index in [0.29, 0.717) is 12.8 Å². The Morgan fingerprint density at radius 2 is 1.96 bits per heavy atom. The molecule has 0 radical (unpaired) electrons. The lowest BCUT2D eigenvalue weighted by molar-refractivity contribution is -0.152. The first kappa shape index (κ1) is 17.3. The first-order chi connectivity index (χ1) is 11.9. The standard InChI is InChI=1S/C17H19F3N4O/c18-17(19,20)13-8-10-24-15(25)11-14(21)22-16(24)23(13)9-4-7-12-5-2-1-3-6-12/h1-3,5-6,11,13H,4,7-10,21H2/t13-/m0/s1. The number of anilines is 2. The number of hydrogen-bond acceptors (Lipinski definition) is 4. The van der Waals surface area contributed by atoms with Crippen LogP contribution in [0.5, 0.6) is 0 Å². The van der Waals surface area contributed by atoms with Gasteiger partial charge in [-0.15, -0.1) is 0 Å². The van der Waals surface area contributed by atoms with Gasteiger partial charge < -0.3 is 10.6 Å². The molecular formula is C17H19F3N4O. The summed E-state index contributed by atoms with van der Waals surface area (Å²) in [6, 6.07) is 9.04. The average Bonchev–Trinajstić information content (AvgIpc) is 2.55. The number of fused-ring (bicyclic) bond motifs is 1. The summed E-state index contributed by atoms with van der Waals surface area (Å²) >= 11 is 0. The lowest BCUT2D eigenvalue weighted by Gasteiger charge is -2.39. The van der Waals surface area contributed by atoms with E-state index in [1.807, 2.05) is 30.3 Å². The third kappa shape index (κ3) is 3.78. The van der Waals surface area contributed by atoms with Crippen molar-refractivity contribution < 1.29 is 13.2 Å². The Bertz CT molecular complexity index is 789. The Morgan fingerprint density at radius 1 is 1.24 bits per heavy atom. The van der Waals surface area contributed by atoms with Gasteiger partial charge in [0.25, 0.3) is 5.56 Å². The summed E-state index contributed by atoms with van der Waals surface area (Å²) in [7, 11) is 0. The first-order valence-corrected chi connectivity index (χ1v) is 8.11. The Morgan fingerprint density at radius 3 is 2.64 bits per heavy atom. The molecule has 0 fully saturated rings. The summed E-state index contributed by atoms with van der Waals surface area (Å²) in [5.41, 5.74) is 6.22. The number of hydrogen-bond donors (Lipinski definition) is 1. The third-order valence-electron chi connectivity index (χ3n) is 4.35. The summed E-state index contributed by atoms with van der Waals surface area (Å²) in [4.78, 5) is 17.2. The van der Waals surface area contributed by atoms with E-state index < -0.39 is 17.8 Å². The number of alkyl halides is 3. The van der Waals surface area contributed by atoms with Crippen molar-refractivity contribution in [3.8, 4) is 0 Å². The Hall–Kier alpha value is -2.51. The van der Waals surface area contributed by atoms with Crippen molar-refractivity contribution in [3.63, 3.8) is 0 Å². The van der Waals surface area contributed by atoms with Crippen LogP contribution in [-0.4, -0.2) is 28.3 Å². The summed E-state index contributed by atoms with van der Waals surface area (Å²) in [5.74, 6) is -0.0567. The van der Waals surface area contributed by atoms with Gasteiger partial charge in [-0.3, -0.25) is 9.36 Å². The molecule has 5 nitrogen and oxygen atoms in total. The van der Waals surface area contributed by atoms with Crippen molar-refractivity contribution in [1.82, 2.24) is 9.55 Å². The van der Waals surface area contributed by atoms with Crippen LogP contribution in [0, 0.1) is 0 Å². The molecule has 0 bridgehead atoms. The summed E-state index contributed by atoms with van der Waals surface area (Å²) in [6.07, 6.45) is -3.40. The minimum atomic E-state index is -4.39. The van der Waals surface area contributed by atoms with E-state index in [9.17, 15) is 18.0 Å². The fourth-order valence-electron chi connectivity index (χ4n) is 3.18. The van der Waals surface area contributed by atoms with Crippen LogP contribution in [0.1, 0.15) is 18.4 Å². The predicted molar refractivity (Wildman–Crippen MR) is 89.5 cm³/mol. The van der Waals surface area contributed by atoms with E-state index in [0.717, 1.165) is 11.6 Å². The summed E-state index contributed by atoms with van der Waals surface area (Å²) < 4.78 is 41.6. The van der Waals surface area contributed by atoms with Crippen LogP contribution in [-0.2, 0) is 13.0 Å². The molecule has 0 spiro atoms. The van der Waals surface area contributed by atoms with Crippen LogP contribution in [0.25, 0.3) is 0 Å². The van der Waals surface area contributed by atoms with Gasteiger partial charge in [0.05, 0.1) is 0 Å². The summed E-state index contributed by atoms with van der Waals surface area (Å²) in [5, 5.41) is 0. The maximum atomic E-state index is 13.4. The molecule has 8 heteroatoms. The van der Waals surface area contributed by atoms with Gasteiger partial charge in [-0.1, -0.05) is 30.3 Å². The Balaban J connectivity index is 1.85. The molecule has 2 N–H and O–H groups in total. The molecule has 1 aromatic heterocycles. The Kier molecular flexibility index (Phi) is 4.69. The minimum absolute atomic E-state index is 0.00615. The van der Waals surface area contributed by atoms with Crippen LogP contribution in [0.3, 0.4) is 0 Å². The number of aromatic nitrogens is 2. The molecule has 2 heterocycles. The molecule has 1 atom stereocenters. The van der Waals surface area contributed by atoms with Gasteiger partial charge in [0, 0.05) is 19.2 Å². The monoisotopic (exact) mass is 352 g/mol. The number of benzene rings is 1. The van der Waals surface area contributed by atoms with Gasteiger partial charge >= 0.3 is 6.18 Å². The molecule has 134 valence electrons. The second-order valence-electron chi connectivity index (χ2n) is 6.10.